The summed E-state index contributed by atoms with van der Waals surface area (Å²) in [6, 6.07) is 13.8. The van der Waals surface area contributed by atoms with Crippen LogP contribution in [-0.2, 0) is 4.79 Å². The zero-order valence-electron chi connectivity index (χ0n) is 13.0. The largest absolute Gasteiger partial charge is 0.326 e. The maximum Gasteiger partial charge on any atom is 0.272 e. The van der Waals surface area contributed by atoms with Crippen LogP contribution in [0.5, 0.6) is 0 Å². The standard InChI is InChI=1S/C19H19N3O/c23-18-17(21-19(22-18)10-3-1-4-11-19)15-8-6-7-14(13-15)16-9-2-5-12-20-16/h2,5-9,12-13H,1,3-4,10-11H2,(H,22,23). The molecule has 4 heteroatoms. The van der Waals surface area contributed by atoms with Gasteiger partial charge in [0.15, 0.2) is 0 Å². The average Bonchev–Trinajstić information content (AvgIpc) is 2.92. The van der Waals surface area contributed by atoms with Crippen LogP contribution < -0.4 is 5.32 Å². The zero-order valence-corrected chi connectivity index (χ0v) is 13.0. The number of hydrogen-bond donors (Lipinski definition) is 1. The van der Waals surface area contributed by atoms with E-state index in [9.17, 15) is 4.79 Å². The van der Waals surface area contributed by atoms with Crippen molar-refractivity contribution in [2.45, 2.75) is 37.8 Å². The van der Waals surface area contributed by atoms with Gasteiger partial charge in [0.05, 0.1) is 5.69 Å². The lowest BCUT2D eigenvalue weighted by molar-refractivity contribution is -0.115. The second-order valence-corrected chi connectivity index (χ2v) is 6.30. The van der Waals surface area contributed by atoms with Gasteiger partial charge in [-0.3, -0.25) is 14.8 Å². The maximum atomic E-state index is 12.4. The molecule has 116 valence electrons. The van der Waals surface area contributed by atoms with Crippen LogP contribution in [0, 0.1) is 0 Å². The van der Waals surface area contributed by atoms with Gasteiger partial charge in [-0.15, -0.1) is 0 Å². The molecule has 0 bridgehead atoms. The van der Waals surface area contributed by atoms with Gasteiger partial charge in [0.2, 0.25) is 0 Å². The number of carbonyl (C=O) groups excluding carboxylic acids is 1. The third kappa shape index (κ3) is 2.65. The van der Waals surface area contributed by atoms with E-state index in [-0.39, 0.29) is 11.6 Å². The maximum absolute atomic E-state index is 12.4. The molecule has 1 aromatic heterocycles. The fourth-order valence-corrected chi connectivity index (χ4v) is 3.49. The molecule has 4 nitrogen and oxygen atoms in total. The van der Waals surface area contributed by atoms with E-state index < -0.39 is 0 Å². The molecule has 2 aromatic rings. The van der Waals surface area contributed by atoms with E-state index in [2.05, 4.69) is 10.3 Å². The number of amides is 1. The number of rotatable bonds is 2. The zero-order chi connectivity index (χ0) is 15.7. The van der Waals surface area contributed by atoms with Crippen molar-refractivity contribution in [3.8, 4) is 11.3 Å². The normalized spacial score (nSPS) is 19.5. The lowest BCUT2D eigenvalue weighted by atomic mass is 9.90. The van der Waals surface area contributed by atoms with Gasteiger partial charge in [0.25, 0.3) is 5.91 Å². The van der Waals surface area contributed by atoms with Gasteiger partial charge >= 0.3 is 0 Å². The fraction of sp³-hybridized carbons (Fsp3) is 0.316. The van der Waals surface area contributed by atoms with Gasteiger partial charge in [0, 0.05) is 17.3 Å². The van der Waals surface area contributed by atoms with Crippen LogP contribution in [0.15, 0.2) is 53.7 Å². The van der Waals surface area contributed by atoms with Crippen LogP contribution >= 0.6 is 0 Å². The SMILES string of the molecule is O=C1NC2(CCCCC2)N=C1c1cccc(-c2ccccn2)c1. The number of aromatic nitrogens is 1. The molecule has 1 aliphatic carbocycles. The number of benzene rings is 1. The van der Waals surface area contributed by atoms with Gasteiger partial charge in [-0.2, -0.15) is 0 Å². The second-order valence-electron chi connectivity index (χ2n) is 6.30. The van der Waals surface area contributed by atoms with Gasteiger partial charge in [0.1, 0.15) is 11.4 Å². The van der Waals surface area contributed by atoms with Crippen LogP contribution in [0.1, 0.15) is 37.7 Å². The van der Waals surface area contributed by atoms with E-state index in [0.717, 1.165) is 42.5 Å². The van der Waals surface area contributed by atoms with Crippen LogP contribution in [-0.4, -0.2) is 22.3 Å². The number of nitrogens with zero attached hydrogens (tertiary/aromatic N) is 2. The Morgan fingerprint density at radius 2 is 1.78 bits per heavy atom. The lowest BCUT2D eigenvalue weighted by Gasteiger charge is -2.30. The first-order valence-electron chi connectivity index (χ1n) is 8.20. The topological polar surface area (TPSA) is 54.4 Å². The number of aliphatic imine (C=N–C) groups is 1. The summed E-state index contributed by atoms with van der Waals surface area (Å²) in [7, 11) is 0. The fourth-order valence-electron chi connectivity index (χ4n) is 3.49. The van der Waals surface area contributed by atoms with Crippen LogP contribution in [0.2, 0.25) is 0 Å². The Kier molecular flexibility index (Phi) is 3.45. The van der Waals surface area contributed by atoms with Gasteiger partial charge in [-0.05, 0) is 43.9 Å². The van der Waals surface area contributed by atoms with Gasteiger partial charge in [-0.1, -0.05) is 30.7 Å². The van der Waals surface area contributed by atoms with E-state index in [1.54, 1.807) is 6.20 Å². The average molecular weight is 305 g/mol. The monoisotopic (exact) mass is 305 g/mol. The molecule has 2 heterocycles. The number of hydrogen-bond acceptors (Lipinski definition) is 3. The third-order valence-electron chi connectivity index (χ3n) is 4.66. The van der Waals surface area contributed by atoms with Crippen molar-refractivity contribution in [3.05, 3.63) is 54.2 Å². The number of carbonyl (C=O) groups is 1. The summed E-state index contributed by atoms with van der Waals surface area (Å²) in [5.74, 6) is -0.0509. The molecule has 1 aromatic carbocycles. The molecule has 0 atom stereocenters. The van der Waals surface area contributed by atoms with Crippen molar-refractivity contribution in [2.75, 3.05) is 0 Å². The van der Waals surface area contributed by atoms with E-state index in [1.165, 1.54) is 6.42 Å². The van der Waals surface area contributed by atoms with Crippen LogP contribution in [0.25, 0.3) is 11.3 Å². The first-order valence-corrected chi connectivity index (χ1v) is 8.20. The molecule has 1 N–H and O–H groups in total. The second kappa shape index (κ2) is 5.61. The van der Waals surface area contributed by atoms with E-state index in [1.807, 2.05) is 42.5 Å². The molecule has 1 spiro atoms. The summed E-state index contributed by atoms with van der Waals surface area (Å²) < 4.78 is 0. The Bertz CT molecular complexity index is 761. The molecular weight excluding hydrogens is 286 g/mol. The summed E-state index contributed by atoms with van der Waals surface area (Å²) in [6.07, 6.45) is 7.16. The highest BCUT2D eigenvalue weighted by atomic mass is 16.2. The number of nitrogens with one attached hydrogen (secondary N) is 1. The Labute approximate surface area is 135 Å². The minimum Gasteiger partial charge on any atom is -0.326 e. The molecule has 4 rings (SSSR count). The summed E-state index contributed by atoms with van der Waals surface area (Å²) in [5, 5.41) is 3.12. The van der Waals surface area contributed by atoms with Gasteiger partial charge < -0.3 is 5.32 Å². The summed E-state index contributed by atoms with van der Waals surface area (Å²) in [6.45, 7) is 0. The summed E-state index contributed by atoms with van der Waals surface area (Å²) in [4.78, 5) is 21.6. The molecule has 1 fully saturated rings. The van der Waals surface area contributed by atoms with Crippen molar-refractivity contribution in [1.29, 1.82) is 0 Å². The van der Waals surface area contributed by atoms with E-state index in [4.69, 9.17) is 4.99 Å². The third-order valence-corrected chi connectivity index (χ3v) is 4.66. The molecule has 0 unspecified atom stereocenters. The van der Waals surface area contributed by atoms with E-state index in [0.29, 0.717) is 5.71 Å². The predicted molar refractivity (Wildman–Crippen MR) is 90.2 cm³/mol. The molecular formula is C19H19N3O. The van der Waals surface area contributed by atoms with Crippen molar-refractivity contribution >= 4 is 11.6 Å². The van der Waals surface area contributed by atoms with Crippen molar-refractivity contribution in [3.63, 3.8) is 0 Å². The highest BCUT2D eigenvalue weighted by Gasteiger charge is 2.40. The summed E-state index contributed by atoms with van der Waals surface area (Å²) in [5.41, 5.74) is 2.98. The molecule has 1 aliphatic heterocycles. The minimum absolute atomic E-state index is 0.0509. The molecule has 2 aliphatic rings. The Morgan fingerprint density at radius 1 is 0.957 bits per heavy atom. The smallest absolute Gasteiger partial charge is 0.272 e. The first kappa shape index (κ1) is 14.1. The Morgan fingerprint density at radius 3 is 2.57 bits per heavy atom. The quantitative estimate of drug-likeness (QED) is 0.925. The predicted octanol–water partition coefficient (Wildman–Crippen LogP) is 3.33. The van der Waals surface area contributed by atoms with E-state index >= 15 is 0 Å². The highest BCUT2D eigenvalue weighted by molar-refractivity contribution is 6.47. The van der Waals surface area contributed by atoms with Crippen molar-refractivity contribution in [1.82, 2.24) is 10.3 Å². The highest BCUT2D eigenvalue weighted by Crippen LogP contribution is 2.33. The molecule has 0 radical (unpaired) electrons. The Balaban J connectivity index is 1.70. The van der Waals surface area contributed by atoms with Gasteiger partial charge in [-0.25, -0.2) is 0 Å². The van der Waals surface area contributed by atoms with Crippen molar-refractivity contribution < 1.29 is 4.79 Å². The molecule has 0 saturated heterocycles. The minimum atomic E-state index is -0.355. The molecule has 1 saturated carbocycles. The van der Waals surface area contributed by atoms with Crippen molar-refractivity contribution in [2.24, 2.45) is 4.99 Å². The first-order chi connectivity index (χ1) is 11.3. The van der Waals surface area contributed by atoms with Crippen LogP contribution in [0.4, 0.5) is 0 Å². The molecule has 23 heavy (non-hydrogen) atoms. The summed E-state index contributed by atoms with van der Waals surface area (Å²) >= 11 is 0. The number of pyridine rings is 1. The molecule has 1 amide bonds. The lowest BCUT2D eigenvalue weighted by Crippen LogP contribution is -2.43. The van der Waals surface area contributed by atoms with Crippen LogP contribution in [0.3, 0.4) is 0 Å². The Hall–Kier alpha value is -2.49.